The standard InChI is InChI=1S/C25H21N3O3/c1-2-31-19-13-9-16(10-14-19)23-15-21(20-5-3-4-6-22(20)28-23)25(30)27-18-11-7-17(8-12-18)24(26)29/h3-15H,2H2,1H3,(H2,26,29)(H,27,30). The zero-order chi connectivity index (χ0) is 21.8. The van der Waals surface area contributed by atoms with Crippen molar-refractivity contribution in [1.29, 1.82) is 0 Å². The van der Waals surface area contributed by atoms with Gasteiger partial charge >= 0.3 is 0 Å². The molecule has 0 aliphatic carbocycles. The van der Waals surface area contributed by atoms with Gasteiger partial charge in [0, 0.05) is 22.2 Å². The van der Waals surface area contributed by atoms with Crippen LogP contribution in [0.5, 0.6) is 5.75 Å². The van der Waals surface area contributed by atoms with E-state index in [1.807, 2.05) is 55.5 Å². The van der Waals surface area contributed by atoms with Crippen LogP contribution in [-0.2, 0) is 0 Å². The first kappa shape index (κ1) is 20.1. The van der Waals surface area contributed by atoms with Crippen molar-refractivity contribution in [3.8, 4) is 17.0 Å². The van der Waals surface area contributed by atoms with Gasteiger partial charge in [-0.1, -0.05) is 18.2 Å². The van der Waals surface area contributed by atoms with Crippen molar-refractivity contribution in [2.24, 2.45) is 5.73 Å². The number of fused-ring (bicyclic) bond motifs is 1. The average Bonchev–Trinajstić information content (AvgIpc) is 2.79. The van der Waals surface area contributed by atoms with Crippen LogP contribution >= 0.6 is 0 Å². The van der Waals surface area contributed by atoms with Gasteiger partial charge in [-0.15, -0.1) is 0 Å². The van der Waals surface area contributed by atoms with E-state index < -0.39 is 5.91 Å². The molecule has 4 aromatic rings. The zero-order valence-corrected chi connectivity index (χ0v) is 17.0. The first-order valence-electron chi connectivity index (χ1n) is 9.89. The molecule has 0 saturated heterocycles. The summed E-state index contributed by atoms with van der Waals surface area (Å²) in [4.78, 5) is 29.1. The van der Waals surface area contributed by atoms with Crippen molar-refractivity contribution in [3.05, 3.63) is 90.0 Å². The summed E-state index contributed by atoms with van der Waals surface area (Å²) >= 11 is 0. The summed E-state index contributed by atoms with van der Waals surface area (Å²) in [6, 6.07) is 23.4. The number of primary amides is 1. The fraction of sp³-hybridized carbons (Fsp3) is 0.0800. The van der Waals surface area contributed by atoms with Crippen LogP contribution in [0.4, 0.5) is 5.69 Å². The van der Waals surface area contributed by atoms with Gasteiger partial charge in [-0.05, 0) is 67.6 Å². The minimum absolute atomic E-state index is 0.266. The predicted octanol–water partition coefficient (Wildman–Crippen LogP) is 4.65. The van der Waals surface area contributed by atoms with E-state index in [-0.39, 0.29) is 5.91 Å². The van der Waals surface area contributed by atoms with Gasteiger partial charge in [0.2, 0.25) is 5.91 Å². The Labute approximate surface area is 179 Å². The fourth-order valence-corrected chi connectivity index (χ4v) is 3.32. The topological polar surface area (TPSA) is 94.3 Å². The molecule has 31 heavy (non-hydrogen) atoms. The van der Waals surface area contributed by atoms with Crippen molar-refractivity contribution in [2.75, 3.05) is 11.9 Å². The van der Waals surface area contributed by atoms with Gasteiger partial charge < -0.3 is 15.8 Å². The van der Waals surface area contributed by atoms with Gasteiger partial charge in [0.25, 0.3) is 5.91 Å². The van der Waals surface area contributed by atoms with Crippen LogP contribution in [0.15, 0.2) is 78.9 Å². The normalized spacial score (nSPS) is 10.6. The number of rotatable bonds is 6. The molecular formula is C25H21N3O3. The van der Waals surface area contributed by atoms with Gasteiger partial charge in [0.1, 0.15) is 5.75 Å². The highest BCUT2D eigenvalue weighted by Crippen LogP contribution is 2.27. The van der Waals surface area contributed by atoms with Gasteiger partial charge in [-0.3, -0.25) is 9.59 Å². The van der Waals surface area contributed by atoms with E-state index in [2.05, 4.69) is 5.32 Å². The van der Waals surface area contributed by atoms with E-state index in [9.17, 15) is 9.59 Å². The molecule has 6 heteroatoms. The van der Waals surface area contributed by atoms with Gasteiger partial charge in [0.05, 0.1) is 23.4 Å². The van der Waals surface area contributed by atoms with Crippen molar-refractivity contribution >= 4 is 28.4 Å². The number of hydrogen-bond acceptors (Lipinski definition) is 4. The highest BCUT2D eigenvalue weighted by molar-refractivity contribution is 6.13. The number of carbonyl (C=O) groups is 2. The molecule has 0 spiro atoms. The second-order valence-electron chi connectivity index (χ2n) is 6.93. The second kappa shape index (κ2) is 8.67. The lowest BCUT2D eigenvalue weighted by molar-refractivity contribution is 0.0998. The van der Waals surface area contributed by atoms with Crippen molar-refractivity contribution in [1.82, 2.24) is 4.98 Å². The summed E-state index contributed by atoms with van der Waals surface area (Å²) in [5.41, 5.74) is 9.03. The number of pyridine rings is 1. The lowest BCUT2D eigenvalue weighted by atomic mass is 10.0. The number of nitrogens with two attached hydrogens (primary N) is 1. The quantitative estimate of drug-likeness (QED) is 0.483. The maximum absolute atomic E-state index is 13.1. The molecule has 4 rings (SSSR count). The van der Waals surface area contributed by atoms with Crippen LogP contribution in [0.3, 0.4) is 0 Å². The predicted molar refractivity (Wildman–Crippen MR) is 121 cm³/mol. The Balaban J connectivity index is 1.70. The molecule has 0 aliphatic heterocycles. The third-order valence-corrected chi connectivity index (χ3v) is 4.85. The summed E-state index contributed by atoms with van der Waals surface area (Å²) in [5, 5.41) is 3.64. The van der Waals surface area contributed by atoms with E-state index in [1.165, 1.54) is 0 Å². The molecule has 6 nitrogen and oxygen atoms in total. The number of nitrogens with zero attached hydrogens (tertiary/aromatic N) is 1. The Morgan fingerprint density at radius 2 is 1.68 bits per heavy atom. The van der Waals surface area contributed by atoms with Crippen LogP contribution in [0, 0.1) is 0 Å². The summed E-state index contributed by atoms with van der Waals surface area (Å²) in [6.07, 6.45) is 0. The van der Waals surface area contributed by atoms with Crippen LogP contribution in [0.2, 0.25) is 0 Å². The Morgan fingerprint density at radius 1 is 0.968 bits per heavy atom. The molecule has 3 N–H and O–H groups in total. The van der Waals surface area contributed by atoms with Gasteiger partial charge in [0.15, 0.2) is 0 Å². The highest BCUT2D eigenvalue weighted by atomic mass is 16.5. The molecule has 0 atom stereocenters. The summed E-state index contributed by atoms with van der Waals surface area (Å²) in [6.45, 7) is 2.53. The van der Waals surface area contributed by atoms with Crippen LogP contribution in [0.1, 0.15) is 27.6 Å². The summed E-state index contributed by atoms with van der Waals surface area (Å²) < 4.78 is 5.50. The van der Waals surface area contributed by atoms with Crippen molar-refractivity contribution in [3.63, 3.8) is 0 Å². The summed E-state index contributed by atoms with van der Waals surface area (Å²) in [7, 11) is 0. The SMILES string of the molecule is CCOc1ccc(-c2cc(C(=O)Nc3ccc(C(N)=O)cc3)c3ccccc3n2)cc1. The minimum atomic E-state index is -0.516. The number of aromatic nitrogens is 1. The molecule has 0 radical (unpaired) electrons. The summed E-state index contributed by atoms with van der Waals surface area (Å²) in [5.74, 6) is 0.0000244. The second-order valence-corrected chi connectivity index (χ2v) is 6.93. The van der Waals surface area contributed by atoms with E-state index in [4.69, 9.17) is 15.5 Å². The number of carbonyl (C=O) groups excluding carboxylic acids is 2. The molecule has 1 aromatic heterocycles. The Bertz CT molecular complexity index is 1250. The number of benzene rings is 3. The number of hydrogen-bond donors (Lipinski definition) is 2. The van der Waals surface area contributed by atoms with Crippen LogP contribution in [-0.4, -0.2) is 23.4 Å². The van der Waals surface area contributed by atoms with Crippen molar-refractivity contribution < 1.29 is 14.3 Å². The molecule has 3 aromatic carbocycles. The van der Waals surface area contributed by atoms with Gasteiger partial charge in [-0.25, -0.2) is 4.98 Å². The Morgan fingerprint density at radius 3 is 2.35 bits per heavy atom. The lowest BCUT2D eigenvalue weighted by Gasteiger charge is -2.11. The number of nitrogens with one attached hydrogen (secondary N) is 1. The van der Waals surface area contributed by atoms with Crippen LogP contribution < -0.4 is 15.8 Å². The smallest absolute Gasteiger partial charge is 0.256 e. The fourth-order valence-electron chi connectivity index (χ4n) is 3.32. The Kier molecular flexibility index (Phi) is 5.62. The van der Waals surface area contributed by atoms with E-state index in [0.29, 0.717) is 29.1 Å². The molecule has 0 bridgehead atoms. The van der Waals surface area contributed by atoms with Gasteiger partial charge in [-0.2, -0.15) is 0 Å². The maximum Gasteiger partial charge on any atom is 0.256 e. The van der Waals surface area contributed by atoms with E-state index in [1.54, 1.807) is 30.3 Å². The van der Waals surface area contributed by atoms with Crippen molar-refractivity contribution in [2.45, 2.75) is 6.92 Å². The third kappa shape index (κ3) is 4.38. The highest BCUT2D eigenvalue weighted by Gasteiger charge is 2.14. The number of para-hydroxylation sites is 1. The molecule has 0 saturated carbocycles. The molecule has 0 fully saturated rings. The lowest BCUT2D eigenvalue weighted by Crippen LogP contribution is -2.14. The van der Waals surface area contributed by atoms with Crippen LogP contribution in [0.25, 0.3) is 22.2 Å². The first-order chi connectivity index (χ1) is 15.0. The molecule has 0 aliphatic rings. The number of anilines is 1. The largest absolute Gasteiger partial charge is 0.494 e. The van der Waals surface area contributed by atoms with E-state index >= 15 is 0 Å². The monoisotopic (exact) mass is 411 g/mol. The first-order valence-corrected chi connectivity index (χ1v) is 9.89. The number of ether oxygens (including phenoxy) is 1. The molecule has 154 valence electrons. The van der Waals surface area contributed by atoms with E-state index in [0.717, 1.165) is 22.2 Å². The molecule has 2 amide bonds. The minimum Gasteiger partial charge on any atom is -0.494 e. The zero-order valence-electron chi connectivity index (χ0n) is 17.0. The average molecular weight is 411 g/mol. The number of amides is 2. The molecule has 1 heterocycles. The maximum atomic E-state index is 13.1. The molecular weight excluding hydrogens is 390 g/mol. The Hall–Kier alpha value is -4.19. The molecule has 0 unspecified atom stereocenters. The third-order valence-electron chi connectivity index (χ3n) is 4.85.